The van der Waals surface area contributed by atoms with E-state index in [1.165, 1.54) is 6.07 Å². The van der Waals surface area contributed by atoms with Crippen LogP contribution in [0.2, 0.25) is 0 Å². The highest BCUT2D eigenvalue weighted by Crippen LogP contribution is 2.29. The highest BCUT2D eigenvalue weighted by molar-refractivity contribution is 7.09. The molecule has 0 amide bonds. The van der Waals surface area contributed by atoms with E-state index in [4.69, 9.17) is 0 Å². The van der Waals surface area contributed by atoms with Crippen LogP contribution in [0, 0.1) is 12.7 Å². The van der Waals surface area contributed by atoms with E-state index < -0.39 is 0 Å². The lowest BCUT2D eigenvalue weighted by Gasteiger charge is -2.31. The first-order chi connectivity index (χ1) is 9.39. The minimum Gasteiger partial charge on any atom is -0.303 e. The van der Waals surface area contributed by atoms with Gasteiger partial charge in [-0.25, -0.2) is 9.37 Å². The van der Waals surface area contributed by atoms with Gasteiger partial charge in [-0.3, -0.25) is 0 Å². The monoisotopic (exact) mass is 292 g/mol. The molecule has 4 heteroatoms. The van der Waals surface area contributed by atoms with Crippen LogP contribution in [0.15, 0.2) is 29.6 Å². The Labute approximate surface area is 124 Å². The van der Waals surface area contributed by atoms with Crippen LogP contribution in [0.5, 0.6) is 0 Å². The first-order valence-corrected chi connectivity index (χ1v) is 7.72. The predicted octanol–water partition coefficient (Wildman–Crippen LogP) is 4.05. The number of aromatic nitrogens is 1. The number of benzene rings is 1. The molecule has 1 aromatic heterocycles. The molecule has 1 atom stereocenters. The molecule has 0 aliphatic carbocycles. The fourth-order valence-corrected chi connectivity index (χ4v) is 3.41. The van der Waals surface area contributed by atoms with Gasteiger partial charge in [0.15, 0.2) is 0 Å². The molecule has 0 saturated heterocycles. The van der Waals surface area contributed by atoms with Gasteiger partial charge in [-0.1, -0.05) is 12.1 Å². The Morgan fingerprint density at radius 2 is 2.15 bits per heavy atom. The summed E-state index contributed by atoms with van der Waals surface area (Å²) in [5.74, 6) is -0.190. The summed E-state index contributed by atoms with van der Waals surface area (Å²) in [5.41, 5.74) is 1.73. The van der Waals surface area contributed by atoms with Crippen molar-refractivity contribution in [1.82, 2.24) is 10.3 Å². The second-order valence-corrected chi connectivity index (χ2v) is 6.59. The average molecular weight is 292 g/mol. The van der Waals surface area contributed by atoms with Gasteiger partial charge in [0.05, 0.1) is 5.54 Å². The summed E-state index contributed by atoms with van der Waals surface area (Å²) in [6.45, 7) is 8.36. The van der Waals surface area contributed by atoms with E-state index in [1.54, 1.807) is 23.5 Å². The highest BCUT2D eigenvalue weighted by Gasteiger charge is 2.30. The highest BCUT2D eigenvalue weighted by atomic mass is 32.1. The van der Waals surface area contributed by atoms with Crippen LogP contribution < -0.4 is 5.32 Å². The molecule has 2 rings (SSSR count). The molecular weight excluding hydrogens is 271 g/mol. The first-order valence-electron chi connectivity index (χ1n) is 6.84. The Balaban J connectivity index is 2.32. The van der Waals surface area contributed by atoms with Crippen LogP contribution in [-0.2, 0) is 12.0 Å². The maximum absolute atomic E-state index is 13.4. The van der Waals surface area contributed by atoms with Crippen molar-refractivity contribution in [1.29, 1.82) is 0 Å². The first kappa shape index (κ1) is 15.1. The van der Waals surface area contributed by atoms with Gasteiger partial charge in [-0.05, 0) is 51.8 Å². The van der Waals surface area contributed by atoms with Gasteiger partial charge in [-0.15, -0.1) is 11.3 Å². The van der Waals surface area contributed by atoms with Gasteiger partial charge in [0.25, 0.3) is 0 Å². The largest absolute Gasteiger partial charge is 0.303 e. The van der Waals surface area contributed by atoms with Gasteiger partial charge in [0, 0.05) is 17.1 Å². The smallest absolute Gasteiger partial charge is 0.123 e. The minimum atomic E-state index is -0.277. The lowest BCUT2D eigenvalue weighted by atomic mass is 9.92. The molecule has 0 saturated carbocycles. The molecule has 1 aromatic carbocycles. The molecule has 2 aromatic rings. The quantitative estimate of drug-likeness (QED) is 0.899. The maximum Gasteiger partial charge on any atom is 0.123 e. The standard InChI is InChI=1S/C16H21FN2S/c1-11(2)19-16(4,15-18-12(3)10-20-15)9-13-6-5-7-14(17)8-13/h5-8,10-11,19H,9H2,1-4H3. The second-order valence-electron chi connectivity index (χ2n) is 5.73. The number of rotatable bonds is 5. The summed E-state index contributed by atoms with van der Waals surface area (Å²) in [6.07, 6.45) is 0.718. The molecule has 1 N–H and O–H groups in total. The van der Waals surface area contributed by atoms with Crippen molar-refractivity contribution < 1.29 is 4.39 Å². The molecule has 0 fully saturated rings. The van der Waals surface area contributed by atoms with Crippen molar-refractivity contribution >= 4 is 11.3 Å². The van der Waals surface area contributed by atoms with E-state index in [1.807, 2.05) is 13.0 Å². The SMILES string of the molecule is Cc1csc(C(C)(Cc2cccc(F)c2)NC(C)C)n1. The Morgan fingerprint density at radius 3 is 2.70 bits per heavy atom. The van der Waals surface area contributed by atoms with Gasteiger partial charge < -0.3 is 5.32 Å². The summed E-state index contributed by atoms with van der Waals surface area (Å²) in [7, 11) is 0. The third kappa shape index (κ3) is 3.64. The zero-order chi connectivity index (χ0) is 14.8. The van der Waals surface area contributed by atoms with Crippen molar-refractivity contribution in [2.75, 3.05) is 0 Å². The van der Waals surface area contributed by atoms with Crippen LogP contribution in [-0.4, -0.2) is 11.0 Å². The molecule has 1 heterocycles. The van der Waals surface area contributed by atoms with Crippen LogP contribution in [0.1, 0.15) is 37.0 Å². The van der Waals surface area contributed by atoms with Gasteiger partial charge in [-0.2, -0.15) is 0 Å². The summed E-state index contributed by atoms with van der Waals surface area (Å²) >= 11 is 1.65. The van der Waals surface area contributed by atoms with Crippen LogP contribution in [0.4, 0.5) is 4.39 Å². The maximum atomic E-state index is 13.4. The molecule has 0 spiro atoms. The van der Waals surface area contributed by atoms with E-state index in [9.17, 15) is 4.39 Å². The minimum absolute atomic E-state index is 0.190. The molecule has 0 aliphatic rings. The number of hydrogen-bond acceptors (Lipinski definition) is 3. The van der Waals surface area contributed by atoms with Crippen molar-refractivity contribution in [2.24, 2.45) is 0 Å². The summed E-state index contributed by atoms with van der Waals surface area (Å²) < 4.78 is 13.4. The average Bonchev–Trinajstić information content (AvgIpc) is 2.75. The third-order valence-electron chi connectivity index (χ3n) is 3.14. The zero-order valence-corrected chi connectivity index (χ0v) is 13.2. The number of hydrogen-bond donors (Lipinski definition) is 1. The second kappa shape index (κ2) is 6.02. The van der Waals surface area contributed by atoms with E-state index in [-0.39, 0.29) is 11.4 Å². The summed E-state index contributed by atoms with van der Waals surface area (Å²) in [5, 5.41) is 6.69. The third-order valence-corrected chi connectivity index (χ3v) is 4.37. The van der Waals surface area contributed by atoms with E-state index in [2.05, 4.69) is 36.5 Å². The Hall–Kier alpha value is -1.26. The van der Waals surface area contributed by atoms with Crippen LogP contribution in [0.25, 0.3) is 0 Å². The molecule has 0 radical (unpaired) electrons. The van der Waals surface area contributed by atoms with E-state index >= 15 is 0 Å². The Bertz CT molecular complexity index is 579. The fourth-order valence-electron chi connectivity index (χ4n) is 2.49. The molecule has 0 aliphatic heterocycles. The van der Waals surface area contributed by atoms with Crippen LogP contribution in [0.3, 0.4) is 0 Å². The molecule has 0 bridgehead atoms. The van der Waals surface area contributed by atoms with Gasteiger partial charge >= 0.3 is 0 Å². The summed E-state index contributed by atoms with van der Waals surface area (Å²) in [6, 6.07) is 7.13. The van der Waals surface area contributed by atoms with Crippen LogP contribution >= 0.6 is 11.3 Å². The van der Waals surface area contributed by atoms with E-state index in [0.29, 0.717) is 6.04 Å². The Morgan fingerprint density at radius 1 is 1.40 bits per heavy atom. The van der Waals surface area contributed by atoms with Crippen molar-refractivity contribution in [3.63, 3.8) is 0 Å². The lowest BCUT2D eigenvalue weighted by molar-refractivity contribution is 0.329. The number of aryl methyl sites for hydroxylation is 1. The fraction of sp³-hybridized carbons (Fsp3) is 0.438. The normalized spacial score (nSPS) is 14.5. The molecule has 2 nitrogen and oxygen atoms in total. The van der Waals surface area contributed by atoms with Crippen molar-refractivity contribution in [3.05, 3.63) is 51.7 Å². The molecule has 1 unspecified atom stereocenters. The molecular formula is C16H21FN2S. The topological polar surface area (TPSA) is 24.9 Å². The van der Waals surface area contributed by atoms with Gasteiger partial charge in [0.1, 0.15) is 10.8 Å². The van der Waals surface area contributed by atoms with Crippen molar-refractivity contribution in [2.45, 2.75) is 45.7 Å². The molecule has 108 valence electrons. The summed E-state index contributed by atoms with van der Waals surface area (Å²) in [4.78, 5) is 4.62. The zero-order valence-electron chi connectivity index (χ0n) is 12.4. The Kier molecular flexibility index (Phi) is 4.55. The van der Waals surface area contributed by atoms with Gasteiger partial charge in [0.2, 0.25) is 0 Å². The predicted molar refractivity (Wildman–Crippen MR) is 82.6 cm³/mol. The number of nitrogens with one attached hydrogen (secondary N) is 1. The number of halogens is 1. The lowest BCUT2D eigenvalue weighted by Crippen LogP contribution is -2.45. The number of thiazole rings is 1. The van der Waals surface area contributed by atoms with E-state index in [0.717, 1.165) is 22.7 Å². The number of nitrogens with zero attached hydrogens (tertiary/aromatic N) is 1. The van der Waals surface area contributed by atoms with Crippen molar-refractivity contribution in [3.8, 4) is 0 Å². The molecule has 20 heavy (non-hydrogen) atoms.